The highest BCUT2D eigenvalue weighted by Crippen LogP contribution is 2.37. The van der Waals surface area contributed by atoms with Crippen molar-refractivity contribution in [3.05, 3.63) is 53.5 Å². The Bertz CT molecular complexity index is 826. The van der Waals surface area contributed by atoms with Gasteiger partial charge in [0.1, 0.15) is 17.4 Å². The number of furan rings is 1. The van der Waals surface area contributed by atoms with Crippen LogP contribution >= 0.6 is 11.8 Å². The molecule has 0 spiro atoms. The lowest BCUT2D eigenvalue weighted by atomic mass is 10.1. The highest BCUT2D eigenvalue weighted by Gasteiger charge is 2.22. The van der Waals surface area contributed by atoms with Crippen LogP contribution < -0.4 is 5.84 Å². The third-order valence-electron chi connectivity index (χ3n) is 3.45. The van der Waals surface area contributed by atoms with Crippen LogP contribution in [0.4, 0.5) is 8.78 Å². The molecule has 3 rings (SSSR count). The van der Waals surface area contributed by atoms with Crippen LogP contribution in [0.2, 0.25) is 0 Å². The minimum atomic E-state index is -0.598. The average Bonchev–Trinajstić information content (AvgIpc) is 3.06. The molecule has 2 heterocycles. The number of hydrogen-bond acceptors (Lipinski definition) is 5. The first-order chi connectivity index (χ1) is 11.0. The Morgan fingerprint density at radius 1 is 1.22 bits per heavy atom. The van der Waals surface area contributed by atoms with E-state index in [1.165, 1.54) is 29.1 Å². The molecule has 0 aliphatic carbocycles. The monoisotopic (exact) mass is 336 g/mol. The van der Waals surface area contributed by atoms with Crippen molar-refractivity contribution in [3.63, 3.8) is 0 Å². The third-order valence-corrected chi connectivity index (χ3v) is 4.53. The topological polar surface area (TPSA) is 69.9 Å². The molecule has 5 nitrogen and oxygen atoms in total. The second-order valence-corrected chi connectivity index (χ2v) is 6.27. The van der Waals surface area contributed by atoms with E-state index >= 15 is 0 Å². The molecule has 0 aliphatic rings. The fourth-order valence-electron chi connectivity index (χ4n) is 2.27. The van der Waals surface area contributed by atoms with Gasteiger partial charge in [-0.2, -0.15) is 0 Å². The van der Waals surface area contributed by atoms with Crippen molar-refractivity contribution in [2.75, 3.05) is 5.84 Å². The highest BCUT2D eigenvalue weighted by atomic mass is 32.2. The molecule has 1 unspecified atom stereocenters. The number of aromatic nitrogens is 3. The minimum absolute atomic E-state index is 0.0125. The van der Waals surface area contributed by atoms with Gasteiger partial charge in [-0.05, 0) is 32.0 Å². The second kappa shape index (κ2) is 6.04. The normalized spacial score (nSPS) is 12.5. The van der Waals surface area contributed by atoms with Gasteiger partial charge in [-0.1, -0.05) is 17.8 Å². The summed E-state index contributed by atoms with van der Waals surface area (Å²) >= 11 is 1.13. The molecule has 0 saturated carbocycles. The zero-order chi connectivity index (χ0) is 16.6. The smallest absolute Gasteiger partial charge is 0.210 e. The van der Waals surface area contributed by atoms with Crippen molar-refractivity contribution >= 4 is 11.8 Å². The van der Waals surface area contributed by atoms with Gasteiger partial charge in [0.25, 0.3) is 0 Å². The Morgan fingerprint density at radius 3 is 2.52 bits per heavy atom. The van der Waals surface area contributed by atoms with E-state index in [2.05, 4.69) is 10.2 Å². The van der Waals surface area contributed by atoms with Crippen molar-refractivity contribution in [1.29, 1.82) is 0 Å². The summed E-state index contributed by atoms with van der Waals surface area (Å²) in [6.07, 6.45) is 1.53. The van der Waals surface area contributed by atoms with Crippen molar-refractivity contribution in [2.24, 2.45) is 0 Å². The van der Waals surface area contributed by atoms with Crippen molar-refractivity contribution in [2.45, 2.75) is 24.3 Å². The first-order valence-electron chi connectivity index (χ1n) is 6.84. The Kier molecular flexibility index (Phi) is 4.08. The lowest BCUT2D eigenvalue weighted by molar-refractivity contribution is 0.535. The SMILES string of the molecule is Cc1occc1-c1nnc(SC(C)c2c(F)cccc2F)n1N. The first kappa shape index (κ1) is 15.5. The van der Waals surface area contributed by atoms with Gasteiger partial charge in [0, 0.05) is 10.8 Å². The van der Waals surface area contributed by atoms with Crippen LogP contribution in [0.25, 0.3) is 11.4 Å². The number of aryl methyl sites for hydroxylation is 1. The fraction of sp³-hybridized carbons (Fsp3) is 0.200. The molecule has 0 bridgehead atoms. The second-order valence-electron chi connectivity index (χ2n) is 4.96. The molecule has 23 heavy (non-hydrogen) atoms. The summed E-state index contributed by atoms with van der Waals surface area (Å²) in [5.74, 6) is 5.90. The van der Waals surface area contributed by atoms with Crippen LogP contribution in [0.15, 0.2) is 40.1 Å². The quantitative estimate of drug-likeness (QED) is 0.581. The van der Waals surface area contributed by atoms with Gasteiger partial charge in [-0.15, -0.1) is 10.2 Å². The van der Waals surface area contributed by atoms with Gasteiger partial charge in [0.15, 0.2) is 5.82 Å². The van der Waals surface area contributed by atoms with Crippen LogP contribution in [-0.4, -0.2) is 14.9 Å². The maximum Gasteiger partial charge on any atom is 0.210 e. The van der Waals surface area contributed by atoms with Crippen molar-refractivity contribution < 1.29 is 13.2 Å². The summed E-state index contributed by atoms with van der Waals surface area (Å²) in [5, 5.41) is 7.88. The van der Waals surface area contributed by atoms with E-state index in [-0.39, 0.29) is 5.56 Å². The molecule has 3 aromatic rings. The number of benzene rings is 1. The summed E-state index contributed by atoms with van der Waals surface area (Å²) < 4.78 is 34.2. The van der Waals surface area contributed by atoms with E-state index in [0.29, 0.717) is 16.7 Å². The van der Waals surface area contributed by atoms with Crippen LogP contribution in [-0.2, 0) is 0 Å². The van der Waals surface area contributed by atoms with Gasteiger partial charge in [-0.3, -0.25) is 0 Å². The molecular formula is C15H14F2N4OS. The molecule has 2 N–H and O–H groups in total. The van der Waals surface area contributed by atoms with Crippen LogP contribution in [0.1, 0.15) is 23.5 Å². The van der Waals surface area contributed by atoms with Crippen LogP contribution in [0.5, 0.6) is 0 Å². The summed E-state index contributed by atoms with van der Waals surface area (Å²) in [5.41, 5.74) is 0.707. The maximum atomic E-state index is 13.8. The number of nitrogens with zero attached hydrogens (tertiary/aromatic N) is 3. The summed E-state index contributed by atoms with van der Waals surface area (Å²) in [6.45, 7) is 3.47. The van der Waals surface area contributed by atoms with E-state index in [1.807, 2.05) is 0 Å². The molecule has 1 aromatic carbocycles. The third kappa shape index (κ3) is 2.81. The predicted octanol–water partition coefficient (Wildman–Crippen LogP) is 3.69. The van der Waals surface area contributed by atoms with Gasteiger partial charge in [0.05, 0.1) is 11.8 Å². The summed E-state index contributed by atoms with van der Waals surface area (Å²) in [7, 11) is 0. The number of nitrogens with two attached hydrogens (primary N) is 1. The molecule has 0 amide bonds. The Morgan fingerprint density at radius 2 is 1.91 bits per heavy atom. The zero-order valence-electron chi connectivity index (χ0n) is 12.5. The fourth-order valence-corrected chi connectivity index (χ4v) is 3.22. The molecule has 0 fully saturated rings. The van der Waals surface area contributed by atoms with E-state index in [0.717, 1.165) is 17.3 Å². The number of rotatable bonds is 4. The van der Waals surface area contributed by atoms with Crippen molar-refractivity contribution in [1.82, 2.24) is 14.9 Å². The van der Waals surface area contributed by atoms with Crippen LogP contribution in [0.3, 0.4) is 0 Å². The largest absolute Gasteiger partial charge is 0.469 e. The maximum absolute atomic E-state index is 13.8. The number of hydrogen-bond donors (Lipinski definition) is 1. The van der Waals surface area contributed by atoms with Gasteiger partial charge >= 0.3 is 0 Å². The standard InChI is InChI=1S/C15H14F2N4OS/c1-8-10(6-7-22-8)14-19-20-15(21(14)18)23-9(2)13-11(16)4-3-5-12(13)17/h3-7,9H,18H2,1-2H3. The van der Waals surface area contributed by atoms with E-state index in [4.69, 9.17) is 10.3 Å². The molecule has 120 valence electrons. The first-order valence-corrected chi connectivity index (χ1v) is 7.72. The Labute approximate surface area is 135 Å². The molecular weight excluding hydrogens is 322 g/mol. The summed E-state index contributed by atoms with van der Waals surface area (Å²) in [4.78, 5) is 0. The number of thioether (sulfide) groups is 1. The van der Waals surface area contributed by atoms with E-state index in [9.17, 15) is 8.78 Å². The van der Waals surface area contributed by atoms with E-state index in [1.54, 1.807) is 19.9 Å². The van der Waals surface area contributed by atoms with Gasteiger partial charge in [-0.25, -0.2) is 13.5 Å². The molecule has 0 aliphatic heterocycles. The molecule has 1 atom stereocenters. The average molecular weight is 336 g/mol. The molecule has 0 saturated heterocycles. The molecule has 2 aromatic heterocycles. The van der Waals surface area contributed by atoms with Crippen molar-refractivity contribution in [3.8, 4) is 11.4 Å². The predicted molar refractivity (Wildman–Crippen MR) is 83.2 cm³/mol. The number of halogens is 2. The van der Waals surface area contributed by atoms with Gasteiger partial charge in [0.2, 0.25) is 5.16 Å². The van der Waals surface area contributed by atoms with Crippen LogP contribution in [0, 0.1) is 18.6 Å². The number of nitrogen functional groups attached to an aromatic ring is 1. The highest BCUT2D eigenvalue weighted by molar-refractivity contribution is 7.99. The molecule has 0 radical (unpaired) electrons. The lowest BCUT2D eigenvalue weighted by Gasteiger charge is -2.12. The van der Waals surface area contributed by atoms with Gasteiger partial charge < -0.3 is 10.3 Å². The lowest BCUT2D eigenvalue weighted by Crippen LogP contribution is -2.12. The molecule has 8 heteroatoms. The minimum Gasteiger partial charge on any atom is -0.469 e. The zero-order valence-corrected chi connectivity index (χ0v) is 13.3. The Hall–Kier alpha value is -2.35. The van der Waals surface area contributed by atoms with E-state index < -0.39 is 16.9 Å². The summed E-state index contributed by atoms with van der Waals surface area (Å²) in [6, 6.07) is 5.51. The Balaban J connectivity index is 1.90.